The van der Waals surface area contributed by atoms with Crippen LogP contribution in [0.4, 0.5) is 0 Å². The molecule has 17 rings (SSSR count). The number of H-pyrrole nitrogens is 4. The highest BCUT2D eigenvalue weighted by molar-refractivity contribution is 14.1. The number of rotatable bonds is 16. The molecule has 11 aromatic carbocycles. The predicted octanol–water partition coefficient (Wildman–Crippen LogP) is 15.5. The molecule has 0 saturated heterocycles. The van der Waals surface area contributed by atoms with Crippen LogP contribution in [0.3, 0.4) is 0 Å². The Balaban J connectivity index is 0.000000147. The maximum atomic E-state index is 13.7. The molecular weight excluding hydrogens is 1900 g/mol. The molecule has 0 atom stereocenters. The second kappa shape index (κ2) is 37.3. The number of nitrogens with one attached hydrogen (secondary N) is 4. The van der Waals surface area contributed by atoms with Gasteiger partial charge in [-0.15, -0.1) is 15.3 Å². The average molecular weight is 1950 g/mol. The molecule has 6 N–H and O–H groups in total. The van der Waals surface area contributed by atoms with Gasteiger partial charge in [-0.3, -0.25) is 29.3 Å². The third-order valence-electron chi connectivity index (χ3n) is 18.7. The summed E-state index contributed by atoms with van der Waals surface area (Å²) in [4.78, 5) is 81.3. The smallest absolute Gasteiger partial charge is 0.454 e. The molecule has 0 fully saturated rings. The summed E-state index contributed by atoms with van der Waals surface area (Å²) in [6, 6.07) is 69.5. The summed E-state index contributed by atoms with van der Waals surface area (Å²) in [6.45, 7) is 3.76. The van der Waals surface area contributed by atoms with Gasteiger partial charge in [-0.05, 0) is 168 Å². The third-order valence-corrected chi connectivity index (χ3v) is 24.6. The minimum absolute atomic E-state index is 0.00815. The number of hydrogen-bond donors (Lipinski definition) is 6. The van der Waals surface area contributed by atoms with E-state index in [2.05, 4.69) is 20.3 Å². The van der Waals surface area contributed by atoms with Crippen LogP contribution in [0.5, 0.6) is 34.5 Å². The van der Waals surface area contributed by atoms with Crippen LogP contribution in [-0.4, -0.2) is 91.2 Å². The van der Waals surface area contributed by atoms with Crippen LogP contribution in [-0.2, 0) is 20.0 Å². The average Bonchev–Trinajstić information content (AvgIpc) is 1.60. The van der Waals surface area contributed by atoms with Crippen LogP contribution in [0.25, 0.3) is 72.0 Å². The van der Waals surface area contributed by atoms with Crippen molar-refractivity contribution in [2.45, 2.75) is 23.6 Å². The van der Waals surface area contributed by atoms with E-state index >= 15 is 0 Å². The van der Waals surface area contributed by atoms with Crippen molar-refractivity contribution in [3.05, 3.63) is 374 Å². The van der Waals surface area contributed by atoms with Gasteiger partial charge in [0.2, 0.25) is 17.1 Å². The Morgan fingerprint density at radius 2 is 0.746 bits per heavy atom. The Labute approximate surface area is 754 Å². The molecule has 17 aromatic rings. The highest BCUT2D eigenvalue weighted by Gasteiger charge is 2.27. The zero-order valence-electron chi connectivity index (χ0n) is 64.3. The summed E-state index contributed by atoms with van der Waals surface area (Å²) in [5, 5.41) is 58.1. The lowest BCUT2D eigenvalue weighted by atomic mass is 9.81. The van der Waals surface area contributed by atoms with Crippen LogP contribution in [0.15, 0.2) is 288 Å². The van der Waals surface area contributed by atoms with Crippen molar-refractivity contribution in [2.24, 2.45) is 0 Å². The van der Waals surface area contributed by atoms with Gasteiger partial charge < -0.3 is 29.2 Å². The maximum Gasteiger partial charge on any atom is 0.488 e. The van der Waals surface area contributed by atoms with Gasteiger partial charge in [0.25, 0.3) is 36.7 Å². The molecule has 0 saturated carbocycles. The first-order valence-electron chi connectivity index (χ1n) is 36.5. The van der Waals surface area contributed by atoms with Crippen molar-refractivity contribution in [2.75, 3.05) is 0 Å². The number of fused-ring (bicyclic) bond motifs is 3. The van der Waals surface area contributed by atoms with Gasteiger partial charge in [-0.25, -0.2) is 39.2 Å². The molecule has 6 aromatic heterocycles. The lowest BCUT2D eigenvalue weighted by Crippen LogP contribution is -2.33. The van der Waals surface area contributed by atoms with Crippen molar-refractivity contribution in [3.8, 4) is 92.0 Å². The predicted molar refractivity (Wildman–Crippen MR) is 485 cm³/mol. The number of aromatic amines is 4. The van der Waals surface area contributed by atoms with Crippen molar-refractivity contribution in [1.82, 2.24) is 57.2 Å². The molecule has 626 valence electrons. The molecule has 0 spiro atoms. The monoisotopic (exact) mass is 1950 g/mol. The van der Waals surface area contributed by atoms with Crippen molar-refractivity contribution >= 4 is 158 Å². The Bertz CT molecular complexity index is 7910. The number of aryl methyl sites for hydroxylation is 2. The Morgan fingerprint density at radius 1 is 0.413 bits per heavy atom. The van der Waals surface area contributed by atoms with Gasteiger partial charge in [0, 0.05) is 55.0 Å². The molecule has 0 bridgehead atoms. The molecule has 126 heavy (non-hydrogen) atoms. The molecule has 30 nitrogen and oxygen atoms in total. The molecule has 6 heterocycles. The maximum absolute atomic E-state index is 13.7. The molecule has 0 amide bonds. The summed E-state index contributed by atoms with van der Waals surface area (Å²) < 4.78 is 77.6. The van der Waals surface area contributed by atoms with E-state index in [1.54, 1.807) is 140 Å². The van der Waals surface area contributed by atoms with E-state index in [0.29, 0.717) is 53.7 Å². The molecule has 0 aliphatic carbocycles. The second-order valence-corrected chi connectivity index (χ2v) is 34.2. The van der Waals surface area contributed by atoms with E-state index in [1.165, 1.54) is 50.5 Å². The third kappa shape index (κ3) is 18.8. The molecule has 0 unspecified atom stereocenters. The number of hydrogen-bond acceptors (Lipinski definition) is 21. The van der Waals surface area contributed by atoms with Crippen LogP contribution >= 0.6 is 92.2 Å². The van der Waals surface area contributed by atoms with E-state index < -0.39 is 78.0 Å². The Kier molecular flexibility index (Phi) is 26.1. The van der Waals surface area contributed by atoms with Crippen LogP contribution < -0.4 is 53.4 Å². The second-order valence-electron chi connectivity index (χ2n) is 26.9. The van der Waals surface area contributed by atoms with Crippen molar-refractivity contribution in [3.63, 3.8) is 0 Å². The van der Waals surface area contributed by atoms with Crippen LogP contribution in [0.2, 0.25) is 30.1 Å². The Morgan fingerprint density at radius 3 is 1.11 bits per heavy atom. The van der Waals surface area contributed by atoms with Crippen molar-refractivity contribution < 1.29 is 41.1 Å². The summed E-state index contributed by atoms with van der Waals surface area (Å²) in [5.74, 6) is 1.45. The van der Waals surface area contributed by atoms with E-state index in [1.807, 2.05) is 136 Å². The van der Waals surface area contributed by atoms with Gasteiger partial charge in [0.05, 0.1) is 68.0 Å². The zero-order chi connectivity index (χ0) is 89.7. The molecule has 40 heteroatoms. The van der Waals surface area contributed by atoms with E-state index in [-0.39, 0.29) is 74.2 Å². The summed E-state index contributed by atoms with van der Waals surface area (Å²) in [5.41, 5.74) is 1.28. The van der Waals surface area contributed by atoms with Crippen LogP contribution in [0.1, 0.15) is 28.2 Å². The lowest BCUT2D eigenvalue weighted by Gasteiger charge is -2.13. The number of halogens is 7. The molecular formula is C86H53BCl6IN15O15S2. The minimum Gasteiger partial charge on any atom is -0.454 e. The minimum atomic E-state index is -3.94. The van der Waals surface area contributed by atoms with E-state index in [9.17, 15) is 45.6 Å². The number of nitriles is 3. The summed E-state index contributed by atoms with van der Waals surface area (Å²) in [6.07, 6.45) is 5.05. The standard InChI is InChI=1S/C31H19Cl2N5O5S.C25H14Cl2IN5O5S.C24H13Cl2N5O3.C6H7BO2/c1-18-7-10-22(11-8-18)44(41,42)37-17-24(19-5-3-2-4-6-19)23-15-21(9-12-28(23)37)43-29-25(32)13-20(14-26(29)33)38-31(40)35-30(39)27(16-34)36-38;1-13-2-5-16(6-3-13)39(36,37)32-12-20(28)17-10-15(4-7-22(17)32)38-23-18(26)8-14(9-19(23)27)33-25(35)30-24(34)21(11-29)31-33;25-18-8-14(31-24(33)29-23(32)21(11-27)30-31)9-19(26)22(18)34-15-6-7-20-16(10-15)17(12-28-20)13-4-2-1-3-5-13;8-7(9)6-4-2-1-3-5-6/h2-15,17H,1H3,(H,35,39,40);2-10,12H,1H3,(H,30,34,35);1-10,12,28H,(H,29,32,33);1-5,8-9H. The fourth-order valence-electron chi connectivity index (χ4n) is 12.6. The molecule has 0 aliphatic rings. The Hall–Kier alpha value is -13.9. The fraction of sp³-hybridized carbons (Fsp3) is 0.0233. The number of ether oxygens (including phenoxy) is 3. The van der Waals surface area contributed by atoms with E-state index in [0.717, 1.165) is 52.8 Å². The van der Waals surface area contributed by atoms with Gasteiger partial charge in [-0.1, -0.05) is 196 Å². The first kappa shape index (κ1) is 88.4. The first-order chi connectivity index (χ1) is 60.3. The van der Waals surface area contributed by atoms with E-state index in [4.69, 9.17) is 110 Å². The highest BCUT2D eigenvalue weighted by atomic mass is 127. The largest absolute Gasteiger partial charge is 0.488 e. The topological polar surface area (TPSA) is 437 Å². The first-order valence-corrected chi connectivity index (χ1v) is 42.7. The summed E-state index contributed by atoms with van der Waals surface area (Å²) in [7, 11) is -9.12. The SMILES string of the molecule is Cc1ccc(S(=O)(=O)n2cc(-c3ccccc3)c3cc(Oc4c(Cl)cc(-n5nc(C#N)c(=O)[nH]c5=O)cc4Cl)ccc32)cc1.Cc1ccc(S(=O)(=O)n2cc(I)c3cc(Oc4c(Cl)cc(-n5nc(C#N)c(=O)[nH]c5=O)cc4Cl)ccc32)cc1.N#Cc1nn(-c2cc(Cl)c(Oc3ccc4[nH]cc(-c5ccccc5)c4c3)c(Cl)c2)c(=O)[nH]c1=O.OB(O)c1ccccc1. The fourth-order valence-corrected chi connectivity index (χ4v) is 17.9. The van der Waals surface area contributed by atoms with Gasteiger partial charge in [0.15, 0.2) is 17.2 Å². The van der Waals surface area contributed by atoms with Gasteiger partial charge in [-0.2, -0.15) is 29.8 Å². The number of aromatic nitrogens is 12. The van der Waals surface area contributed by atoms with Gasteiger partial charge in [0.1, 0.15) is 35.5 Å². The normalized spacial score (nSPS) is 11.1. The van der Waals surface area contributed by atoms with Gasteiger partial charge >= 0.3 is 24.2 Å². The van der Waals surface area contributed by atoms with Crippen molar-refractivity contribution in [1.29, 1.82) is 15.8 Å². The molecule has 0 radical (unpaired) electrons. The number of benzene rings is 11. The summed E-state index contributed by atoms with van der Waals surface area (Å²) >= 11 is 40.7. The number of nitrogens with zero attached hydrogens (tertiary/aromatic N) is 11. The van der Waals surface area contributed by atoms with Crippen LogP contribution in [0, 0.1) is 51.4 Å². The lowest BCUT2D eigenvalue weighted by molar-refractivity contribution is 0.425. The highest BCUT2D eigenvalue weighted by Crippen LogP contribution is 2.45. The quantitative estimate of drug-likeness (QED) is 0.0386. The zero-order valence-corrected chi connectivity index (χ0v) is 72.7. The molecule has 0 aliphatic heterocycles.